The number of ether oxygens (including phenoxy) is 1. The fourth-order valence-corrected chi connectivity index (χ4v) is 4.61. The average molecular weight is 421 g/mol. The van der Waals surface area contributed by atoms with E-state index in [1.165, 1.54) is 0 Å². The van der Waals surface area contributed by atoms with E-state index in [1.807, 2.05) is 25.1 Å². The number of carbonyl (C=O) groups is 1. The van der Waals surface area contributed by atoms with E-state index in [9.17, 15) is 19.8 Å². The maximum Gasteiger partial charge on any atom is 0.343 e. The lowest BCUT2D eigenvalue weighted by atomic mass is 9.86. The van der Waals surface area contributed by atoms with E-state index in [2.05, 4.69) is 0 Å². The Bertz CT molecular complexity index is 1330. The summed E-state index contributed by atoms with van der Waals surface area (Å²) in [7, 11) is 3.91. The Kier molecular flexibility index (Phi) is 4.22. The second kappa shape index (κ2) is 6.63. The molecule has 5 rings (SSSR count). The van der Waals surface area contributed by atoms with Crippen LogP contribution in [0.5, 0.6) is 5.75 Å². The van der Waals surface area contributed by atoms with Gasteiger partial charge in [0.25, 0.3) is 5.56 Å². The number of rotatable bonds is 3. The van der Waals surface area contributed by atoms with Crippen molar-refractivity contribution in [2.24, 2.45) is 0 Å². The van der Waals surface area contributed by atoms with Crippen molar-refractivity contribution >= 4 is 16.9 Å². The Morgan fingerprint density at radius 3 is 2.71 bits per heavy atom. The fourth-order valence-electron chi connectivity index (χ4n) is 4.61. The van der Waals surface area contributed by atoms with Gasteiger partial charge in [-0.25, -0.2) is 9.78 Å². The first-order valence-corrected chi connectivity index (χ1v) is 10.2. The smallest absolute Gasteiger partial charge is 0.343 e. The lowest BCUT2D eigenvalue weighted by molar-refractivity contribution is -0.172. The molecule has 0 amide bonds. The molecule has 0 saturated heterocycles. The third-order valence-electron chi connectivity index (χ3n) is 6.18. The molecule has 2 N–H and O–H groups in total. The molecular weight excluding hydrogens is 398 g/mol. The highest BCUT2D eigenvalue weighted by molar-refractivity contribution is 5.89. The van der Waals surface area contributed by atoms with Gasteiger partial charge in [0.1, 0.15) is 12.4 Å². The van der Waals surface area contributed by atoms with Gasteiger partial charge in [-0.15, -0.1) is 0 Å². The molecule has 8 nitrogen and oxygen atoms in total. The summed E-state index contributed by atoms with van der Waals surface area (Å²) in [6.07, 6.45) is 0.0987. The van der Waals surface area contributed by atoms with Crippen LogP contribution in [-0.4, -0.2) is 44.7 Å². The monoisotopic (exact) mass is 421 g/mol. The highest BCUT2D eigenvalue weighted by Crippen LogP contribution is 2.39. The molecule has 8 heteroatoms. The van der Waals surface area contributed by atoms with Gasteiger partial charge in [-0.3, -0.25) is 4.79 Å². The van der Waals surface area contributed by atoms with Gasteiger partial charge in [-0.05, 0) is 44.3 Å². The van der Waals surface area contributed by atoms with E-state index in [-0.39, 0.29) is 24.3 Å². The molecule has 31 heavy (non-hydrogen) atoms. The molecule has 0 radical (unpaired) electrons. The van der Waals surface area contributed by atoms with Crippen LogP contribution < -0.4 is 5.56 Å². The van der Waals surface area contributed by atoms with Crippen LogP contribution in [0.3, 0.4) is 0 Å². The first-order chi connectivity index (χ1) is 14.7. The third kappa shape index (κ3) is 2.79. The standard InChI is InChI=1S/C23H23N3O5/c1-4-23(30)17-8-19-20-13(10-26(19)21(28)16(17)11-31-22(23)29)6-15-12(9-25(2)3)5-14(27)7-18(15)24-20/h5-8,27,30H,4,9-11H2,1-3H3. The van der Waals surface area contributed by atoms with Crippen LogP contribution in [0, 0.1) is 0 Å². The van der Waals surface area contributed by atoms with E-state index in [0.717, 1.165) is 16.5 Å². The number of hydrogen-bond donors (Lipinski definition) is 2. The molecule has 2 aromatic heterocycles. The van der Waals surface area contributed by atoms with Crippen molar-refractivity contribution in [1.29, 1.82) is 0 Å². The van der Waals surface area contributed by atoms with E-state index >= 15 is 0 Å². The second-order valence-corrected chi connectivity index (χ2v) is 8.51. The van der Waals surface area contributed by atoms with Crippen LogP contribution in [0.2, 0.25) is 0 Å². The first-order valence-electron chi connectivity index (χ1n) is 10.2. The number of phenolic OH excluding ortho intramolecular Hbond substituents is 1. The number of carbonyl (C=O) groups excluding carboxylic acids is 1. The van der Waals surface area contributed by atoms with Gasteiger partial charge in [-0.1, -0.05) is 6.92 Å². The average Bonchev–Trinajstić information content (AvgIpc) is 3.07. The maximum atomic E-state index is 13.2. The Morgan fingerprint density at radius 1 is 1.23 bits per heavy atom. The molecule has 160 valence electrons. The molecule has 0 bridgehead atoms. The van der Waals surface area contributed by atoms with Crippen molar-refractivity contribution in [3.05, 3.63) is 56.9 Å². The van der Waals surface area contributed by atoms with Gasteiger partial charge >= 0.3 is 5.97 Å². The number of aliphatic hydroxyl groups is 1. The van der Waals surface area contributed by atoms with Gasteiger partial charge in [0, 0.05) is 29.1 Å². The van der Waals surface area contributed by atoms with Gasteiger partial charge < -0.3 is 24.4 Å². The summed E-state index contributed by atoms with van der Waals surface area (Å²) in [5, 5.41) is 22.1. The van der Waals surface area contributed by atoms with Crippen LogP contribution in [0.1, 0.15) is 35.6 Å². The highest BCUT2D eigenvalue weighted by atomic mass is 16.6. The SMILES string of the molecule is CCC1(O)C(=O)OCc2c1cc1n(c2=O)Cc2cc3c(CN(C)C)cc(O)cc3nc2-1. The van der Waals surface area contributed by atoms with Crippen molar-refractivity contribution in [2.45, 2.75) is 38.6 Å². The van der Waals surface area contributed by atoms with Gasteiger partial charge in [0.05, 0.1) is 29.0 Å². The molecule has 4 heterocycles. The molecule has 0 spiro atoms. The minimum Gasteiger partial charge on any atom is -0.508 e. The fraction of sp³-hybridized carbons (Fsp3) is 0.348. The Morgan fingerprint density at radius 2 is 2.00 bits per heavy atom. The summed E-state index contributed by atoms with van der Waals surface area (Å²) in [5.74, 6) is -0.615. The van der Waals surface area contributed by atoms with Crippen molar-refractivity contribution < 1.29 is 19.7 Å². The van der Waals surface area contributed by atoms with E-state index < -0.39 is 11.6 Å². The van der Waals surface area contributed by atoms with Gasteiger partial charge in [0.2, 0.25) is 0 Å². The topological polar surface area (TPSA) is 105 Å². The number of nitrogens with zero attached hydrogens (tertiary/aromatic N) is 3. The zero-order valence-corrected chi connectivity index (χ0v) is 17.6. The van der Waals surface area contributed by atoms with Crippen LogP contribution in [-0.2, 0) is 34.8 Å². The lowest BCUT2D eigenvalue weighted by Gasteiger charge is -2.31. The predicted octanol–water partition coefficient (Wildman–Crippen LogP) is 1.85. The number of esters is 1. The molecule has 0 fully saturated rings. The maximum absolute atomic E-state index is 13.2. The lowest BCUT2D eigenvalue weighted by Crippen LogP contribution is -2.44. The summed E-state index contributed by atoms with van der Waals surface area (Å²) >= 11 is 0. The molecule has 1 atom stereocenters. The van der Waals surface area contributed by atoms with Crippen molar-refractivity contribution in [3.63, 3.8) is 0 Å². The molecule has 2 aliphatic rings. The minimum atomic E-state index is -1.85. The number of cyclic esters (lactones) is 1. The number of aromatic hydroxyl groups is 1. The largest absolute Gasteiger partial charge is 0.508 e. The number of fused-ring (bicyclic) bond motifs is 5. The summed E-state index contributed by atoms with van der Waals surface area (Å²) in [5.41, 5.74) is 2.08. The van der Waals surface area contributed by atoms with Gasteiger partial charge in [0.15, 0.2) is 5.60 Å². The summed E-state index contributed by atoms with van der Waals surface area (Å²) in [6.45, 7) is 2.51. The first kappa shape index (κ1) is 19.7. The zero-order chi connectivity index (χ0) is 22.1. The van der Waals surface area contributed by atoms with Crippen molar-refractivity contribution in [1.82, 2.24) is 14.5 Å². The molecule has 1 aromatic carbocycles. The Balaban J connectivity index is 1.75. The minimum absolute atomic E-state index is 0.0987. The van der Waals surface area contributed by atoms with Crippen molar-refractivity contribution in [2.75, 3.05) is 14.1 Å². The van der Waals surface area contributed by atoms with E-state index in [1.54, 1.807) is 29.7 Å². The van der Waals surface area contributed by atoms with Crippen molar-refractivity contribution in [3.8, 4) is 17.1 Å². The third-order valence-corrected chi connectivity index (χ3v) is 6.18. The van der Waals surface area contributed by atoms with Crippen LogP contribution in [0.25, 0.3) is 22.3 Å². The number of benzene rings is 1. The molecule has 0 aliphatic carbocycles. The summed E-state index contributed by atoms with van der Waals surface area (Å²) < 4.78 is 6.71. The number of hydrogen-bond acceptors (Lipinski definition) is 7. The zero-order valence-electron chi connectivity index (χ0n) is 17.6. The Labute approximate surface area is 178 Å². The van der Waals surface area contributed by atoms with Crippen LogP contribution in [0.15, 0.2) is 29.1 Å². The number of aromatic nitrogens is 2. The summed E-state index contributed by atoms with van der Waals surface area (Å²) in [6, 6.07) is 7.03. The highest BCUT2D eigenvalue weighted by Gasteiger charge is 2.45. The molecular formula is C23H23N3O5. The van der Waals surface area contributed by atoms with E-state index in [4.69, 9.17) is 9.72 Å². The summed E-state index contributed by atoms with van der Waals surface area (Å²) in [4.78, 5) is 32.3. The second-order valence-electron chi connectivity index (χ2n) is 8.51. The quantitative estimate of drug-likeness (QED) is 0.487. The molecule has 1 unspecified atom stereocenters. The van der Waals surface area contributed by atoms with Crippen LogP contribution >= 0.6 is 0 Å². The van der Waals surface area contributed by atoms with Crippen LogP contribution in [0.4, 0.5) is 0 Å². The Hall–Kier alpha value is -3.23. The number of phenols is 1. The van der Waals surface area contributed by atoms with Gasteiger partial charge in [-0.2, -0.15) is 0 Å². The molecule has 0 saturated carbocycles. The molecule has 2 aliphatic heterocycles. The molecule has 3 aromatic rings. The normalized spacial score (nSPS) is 19.3. The predicted molar refractivity (Wildman–Crippen MR) is 114 cm³/mol. The van der Waals surface area contributed by atoms with E-state index in [0.29, 0.717) is 41.1 Å². The number of pyridine rings is 2.